The number of nitrogens with two attached hydrogens (primary N) is 1. The maximum atomic E-state index is 11.1. The van der Waals surface area contributed by atoms with E-state index in [1.165, 1.54) is 6.33 Å². The molecule has 7 nitrogen and oxygen atoms in total. The van der Waals surface area contributed by atoms with Crippen molar-refractivity contribution in [1.82, 2.24) is 15.1 Å². The lowest BCUT2D eigenvalue weighted by atomic mass is 10.2. The molecule has 4 N–H and O–H groups in total. The Kier molecular flexibility index (Phi) is 2.82. The van der Waals surface area contributed by atoms with Gasteiger partial charge in [-0.1, -0.05) is 5.16 Å². The fraction of sp³-hybridized carbons (Fsp3) is 0.300. The lowest BCUT2D eigenvalue weighted by molar-refractivity contribution is 0.0997. The molecule has 0 aliphatic carbocycles. The first kappa shape index (κ1) is 11.2. The Morgan fingerprint density at radius 1 is 1.59 bits per heavy atom. The van der Waals surface area contributed by atoms with Gasteiger partial charge in [0.1, 0.15) is 11.5 Å². The Labute approximate surface area is 97.4 Å². The predicted molar refractivity (Wildman–Crippen MR) is 60.4 cm³/mol. The van der Waals surface area contributed by atoms with E-state index in [9.17, 15) is 4.79 Å². The highest BCUT2D eigenvalue weighted by atomic mass is 16.5. The van der Waals surface area contributed by atoms with Gasteiger partial charge in [0, 0.05) is 12.1 Å². The van der Waals surface area contributed by atoms with Crippen LogP contribution in [0, 0.1) is 13.8 Å². The van der Waals surface area contributed by atoms with Crippen LogP contribution in [0.15, 0.2) is 10.9 Å². The topological polar surface area (TPSA) is 110 Å². The zero-order chi connectivity index (χ0) is 12.4. The molecular weight excluding hydrogens is 222 g/mol. The zero-order valence-corrected chi connectivity index (χ0v) is 9.57. The Morgan fingerprint density at radius 2 is 2.35 bits per heavy atom. The Bertz CT molecular complexity index is 523. The fourth-order valence-electron chi connectivity index (χ4n) is 1.54. The van der Waals surface area contributed by atoms with Crippen LogP contribution in [0.1, 0.15) is 27.5 Å². The molecule has 0 saturated carbocycles. The second-order valence-electron chi connectivity index (χ2n) is 3.65. The molecule has 2 aromatic rings. The summed E-state index contributed by atoms with van der Waals surface area (Å²) in [5, 5.41) is 6.85. The van der Waals surface area contributed by atoms with Crippen LogP contribution in [0.2, 0.25) is 0 Å². The van der Waals surface area contributed by atoms with Crippen molar-refractivity contribution in [3.8, 4) is 0 Å². The van der Waals surface area contributed by atoms with E-state index in [-0.39, 0.29) is 5.69 Å². The van der Waals surface area contributed by atoms with Crippen molar-refractivity contribution in [3.05, 3.63) is 29.0 Å². The maximum absolute atomic E-state index is 11.1. The van der Waals surface area contributed by atoms with Crippen LogP contribution >= 0.6 is 0 Å². The lowest BCUT2D eigenvalue weighted by Crippen LogP contribution is -2.14. The molecule has 0 spiro atoms. The predicted octanol–water partition coefficient (Wildman–Crippen LogP) is 0.726. The number of H-pyrrole nitrogens is 1. The molecule has 7 heteroatoms. The second-order valence-corrected chi connectivity index (χ2v) is 3.65. The monoisotopic (exact) mass is 235 g/mol. The first-order valence-corrected chi connectivity index (χ1v) is 5.08. The van der Waals surface area contributed by atoms with Gasteiger partial charge in [0.05, 0.1) is 12.0 Å². The molecule has 0 fully saturated rings. The SMILES string of the molecule is Cc1noc(C)c1CNc1nc[nH]c1C(N)=O. The standard InChI is InChI=1S/C10H13N5O2/c1-5-7(6(2)17-15-5)3-12-10-8(9(11)16)13-4-14-10/h4,12H,3H2,1-2H3,(H2,11,16)(H,13,14). The summed E-state index contributed by atoms with van der Waals surface area (Å²) in [6.07, 6.45) is 1.41. The van der Waals surface area contributed by atoms with Gasteiger partial charge in [-0.05, 0) is 13.8 Å². The van der Waals surface area contributed by atoms with Gasteiger partial charge in [-0.2, -0.15) is 0 Å². The van der Waals surface area contributed by atoms with Crippen LogP contribution < -0.4 is 11.1 Å². The summed E-state index contributed by atoms with van der Waals surface area (Å²) in [6, 6.07) is 0. The quantitative estimate of drug-likeness (QED) is 0.723. The van der Waals surface area contributed by atoms with Crippen molar-refractivity contribution in [3.63, 3.8) is 0 Å². The largest absolute Gasteiger partial charge is 0.364 e. The Morgan fingerprint density at radius 3 is 2.94 bits per heavy atom. The highest BCUT2D eigenvalue weighted by molar-refractivity contribution is 5.95. The van der Waals surface area contributed by atoms with Crippen LogP contribution in [0.4, 0.5) is 5.82 Å². The van der Waals surface area contributed by atoms with Crippen molar-refractivity contribution < 1.29 is 9.32 Å². The zero-order valence-electron chi connectivity index (χ0n) is 9.57. The van der Waals surface area contributed by atoms with Crippen molar-refractivity contribution in [1.29, 1.82) is 0 Å². The van der Waals surface area contributed by atoms with Crippen molar-refractivity contribution in [2.24, 2.45) is 5.73 Å². The second kappa shape index (κ2) is 4.28. The molecule has 0 aliphatic rings. The number of aromatic nitrogens is 3. The molecule has 17 heavy (non-hydrogen) atoms. The van der Waals surface area contributed by atoms with E-state index in [0.717, 1.165) is 17.0 Å². The van der Waals surface area contributed by atoms with E-state index in [4.69, 9.17) is 10.3 Å². The van der Waals surface area contributed by atoms with Gasteiger partial charge in [0.25, 0.3) is 5.91 Å². The lowest BCUT2D eigenvalue weighted by Gasteiger charge is -2.03. The molecule has 0 radical (unpaired) electrons. The normalized spacial score (nSPS) is 10.5. The molecule has 2 rings (SSSR count). The number of carbonyl (C=O) groups is 1. The van der Waals surface area contributed by atoms with Gasteiger partial charge >= 0.3 is 0 Å². The van der Waals surface area contributed by atoms with Gasteiger partial charge in [-0.3, -0.25) is 4.79 Å². The molecule has 0 bridgehead atoms. The molecule has 0 saturated heterocycles. The third-order valence-electron chi connectivity index (χ3n) is 2.50. The number of imidazole rings is 1. The minimum absolute atomic E-state index is 0.261. The molecule has 0 atom stereocenters. The van der Waals surface area contributed by atoms with Crippen molar-refractivity contribution in [2.45, 2.75) is 20.4 Å². The third-order valence-corrected chi connectivity index (χ3v) is 2.50. The van der Waals surface area contributed by atoms with Gasteiger partial charge < -0.3 is 20.6 Å². The number of aromatic amines is 1. The first-order chi connectivity index (χ1) is 8.09. The number of amides is 1. The van der Waals surface area contributed by atoms with E-state index in [2.05, 4.69) is 20.4 Å². The molecule has 0 aromatic carbocycles. The van der Waals surface area contributed by atoms with Gasteiger partial charge in [-0.25, -0.2) is 4.98 Å². The first-order valence-electron chi connectivity index (χ1n) is 5.08. The molecule has 0 aliphatic heterocycles. The summed E-state index contributed by atoms with van der Waals surface area (Å²) >= 11 is 0. The summed E-state index contributed by atoms with van der Waals surface area (Å²) in [5.74, 6) is 0.618. The van der Waals surface area contributed by atoms with Crippen LogP contribution in [0.25, 0.3) is 0 Å². The van der Waals surface area contributed by atoms with Crippen LogP contribution in [-0.4, -0.2) is 21.0 Å². The highest BCUT2D eigenvalue weighted by Crippen LogP contribution is 2.15. The van der Waals surface area contributed by atoms with E-state index < -0.39 is 5.91 Å². The number of hydrogen-bond donors (Lipinski definition) is 3. The molecule has 0 unspecified atom stereocenters. The van der Waals surface area contributed by atoms with E-state index in [1.54, 1.807) is 0 Å². The van der Waals surface area contributed by atoms with Crippen LogP contribution in [0.3, 0.4) is 0 Å². The minimum Gasteiger partial charge on any atom is -0.364 e. The summed E-state index contributed by atoms with van der Waals surface area (Å²) in [7, 11) is 0. The number of nitrogens with zero attached hydrogens (tertiary/aromatic N) is 2. The van der Waals surface area contributed by atoms with E-state index >= 15 is 0 Å². The van der Waals surface area contributed by atoms with Crippen molar-refractivity contribution >= 4 is 11.7 Å². The van der Waals surface area contributed by atoms with Crippen LogP contribution in [0.5, 0.6) is 0 Å². The van der Waals surface area contributed by atoms with Gasteiger partial charge in [-0.15, -0.1) is 0 Å². The Balaban J connectivity index is 2.13. The highest BCUT2D eigenvalue weighted by Gasteiger charge is 2.13. The number of carbonyl (C=O) groups excluding carboxylic acids is 1. The maximum Gasteiger partial charge on any atom is 0.269 e. The molecule has 90 valence electrons. The van der Waals surface area contributed by atoms with Gasteiger partial charge in [0.2, 0.25) is 0 Å². The average molecular weight is 235 g/mol. The summed E-state index contributed by atoms with van der Waals surface area (Å²) in [5.41, 5.74) is 7.21. The molecule has 2 heterocycles. The van der Waals surface area contributed by atoms with E-state index in [0.29, 0.717) is 12.4 Å². The van der Waals surface area contributed by atoms with E-state index in [1.807, 2.05) is 13.8 Å². The number of nitrogens with one attached hydrogen (secondary N) is 2. The minimum atomic E-state index is -0.552. The number of hydrogen-bond acceptors (Lipinski definition) is 5. The molecule has 2 aromatic heterocycles. The van der Waals surface area contributed by atoms with Crippen molar-refractivity contribution in [2.75, 3.05) is 5.32 Å². The Hall–Kier alpha value is -2.31. The smallest absolute Gasteiger partial charge is 0.269 e. The number of rotatable bonds is 4. The average Bonchev–Trinajstić information content (AvgIpc) is 2.85. The van der Waals surface area contributed by atoms with Gasteiger partial charge in [0.15, 0.2) is 5.82 Å². The number of anilines is 1. The van der Waals surface area contributed by atoms with Crippen LogP contribution in [-0.2, 0) is 6.54 Å². The molecule has 1 amide bonds. The fourth-order valence-corrected chi connectivity index (χ4v) is 1.54. The summed E-state index contributed by atoms with van der Waals surface area (Å²) in [4.78, 5) is 17.7. The third kappa shape index (κ3) is 2.12. The number of primary amides is 1. The summed E-state index contributed by atoms with van der Waals surface area (Å²) < 4.78 is 5.03. The molecular formula is C10H13N5O2. The number of aryl methyl sites for hydroxylation is 2. The summed E-state index contributed by atoms with van der Waals surface area (Å²) in [6.45, 7) is 4.16.